The Labute approximate surface area is 287 Å². The molecular weight excluding hydrogens is 608 g/mol. The minimum absolute atomic E-state index is 0.0168. The predicted molar refractivity (Wildman–Crippen MR) is 190 cm³/mol. The Hall–Kier alpha value is -4.27. The van der Waals surface area contributed by atoms with Gasteiger partial charge in [0, 0.05) is 24.6 Å². The Morgan fingerprint density at radius 3 is 1.92 bits per heavy atom. The van der Waals surface area contributed by atoms with Gasteiger partial charge in [0.2, 0.25) is 0 Å². The van der Waals surface area contributed by atoms with Crippen LogP contribution in [0.1, 0.15) is 110 Å². The van der Waals surface area contributed by atoms with Crippen molar-refractivity contribution in [3.63, 3.8) is 0 Å². The van der Waals surface area contributed by atoms with Crippen LogP contribution in [0.5, 0.6) is 0 Å². The van der Waals surface area contributed by atoms with Crippen molar-refractivity contribution < 1.29 is 33.4 Å². The van der Waals surface area contributed by atoms with E-state index < -0.39 is 40.9 Å². The second-order valence-electron chi connectivity index (χ2n) is 12.9. The first-order valence-electron chi connectivity index (χ1n) is 16.9. The maximum Gasteiger partial charge on any atom is 0.357 e. The molecular formula is C39H56N2O7. The van der Waals surface area contributed by atoms with E-state index in [2.05, 4.69) is 71.9 Å². The molecule has 9 heteroatoms. The van der Waals surface area contributed by atoms with Crippen LogP contribution >= 0.6 is 0 Å². The summed E-state index contributed by atoms with van der Waals surface area (Å²) in [6, 6.07) is 4.76. The summed E-state index contributed by atoms with van der Waals surface area (Å²) in [4.78, 5) is 54.6. The number of nitrogens with one attached hydrogen (secondary N) is 1. The van der Waals surface area contributed by atoms with Gasteiger partial charge in [0.05, 0.1) is 6.42 Å². The normalized spacial score (nSPS) is 13.1. The number of hydrogen-bond acceptors (Lipinski definition) is 8. The molecule has 264 valence electrons. The molecule has 0 saturated heterocycles. The van der Waals surface area contributed by atoms with Crippen molar-refractivity contribution in [1.29, 1.82) is 0 Å². The molecule has 1 aromatic heterocycles. The molecule has 1 atom stereocenters. The summed E-state index contributed by atoms with van der Waals surface area (Å²) in [5.41, 5.74) is -1.70. The van der Waals surface area contributed by atoms with Crippen molar-refractivity contribution in [2.45, 2.75) is 111 Å². The molecule has 0 bridgehead atoms. The number of ether oxygens (including phenoxy) is 3. The Kier molecular flexibility index (Phi) is 20.8. The molecule has 1 rings (SSSR count). The molecule has 0 spiro atoms. The minimum atomic E-state index is -1.32. The second-order valence-corrected chi connectivity index (χ2v) is 12.9. The first-order chi connectivity index (χ1) is 22.9. The Balaban J connectivity index is 2.51. The van der Waals surface area contributed by atoms with Gasteiger partial charge in [0.25, 0.3) is 5.91 Å². The number of carbonyl (C=O) groups excluding carboxylic acids is 4. The number of pyridine rings is 1. The molecule has 0 aliphatic heterocycles. The molecule has 9 nitrogen and oxygen atoms in total. The van der Waals surface area contributed by atoms with Gasteiger partial charge < -0.3 is 19.5 Å². The fourth-order valence-corrected chi connectivity index (χ4v) is 4.14. The Bertz CT molecular complexity index is 1250. The zero-order valence-electron chi connectivity index (χ0n) is 29.7. The van der Waals surface area contributed by atoms with Crippen LogP contribution in [0.15, 0.2) is 85.2 Å². The lowest BCUT2D eigenvalue weighted by molar-refractivity contribution is -0.156. The van der Waals surface area contributed by atoms with Crippen LogP contribution in [-0.4, -0.2) is 53.7 Å². The van der Waals surface area contributed by atoms with Crippen LogP contribution in [0.3, 0.4) is 0 Å². The van der Waals surface area contributed by atoms with Crippen molar-refractivity contribution >= 4 is 23.8 Å². The van der Waals surface area contributed by atoms with Crippen LogP contribution in [0.4, 0.5) is 0 Å². The molecule has 1 unspecified atom stereocenters. The molecule has 0 aromatic carbocycles. The van der Waals surface area contributed by atoms with Crippen molar-refractivity contribution in [3.05, 3.63) is 90.9 Å². The highest BCUT2D eigenvalue weighted by Crippen LogP contribution is 2.26. The number of unbranched alkanes of at least 4 members (excludes halogenated alkanes) is 1. The zero-order chi connectivity index (χ0) is 35.7. The number of esters is 3. The van der Waals surface area contributed by atoms with Crippen LogP contribution in [0, 0.1) is 5.41 Å². The van der Waals surface area contributed by atoms with Gasteiger partial charge in [-0.3, -0.25) is 14.4 Å². The molecule has 48 heavy (non-hydrogen) atoms. The summed E-state index contributed by atoms with van der Waals surface area (Å²) in [5, 5.41) is 2.64. The van der Waals surface area contributed by atoms with Crippen LogP contribution in [0.2, 0.25) is 0 Å². The molecule has 0 aliphatic rings. The van der Waals surface area contributed by atoms with E-state index in [1.165, 1.54) is 12.3 Å². The third kappa shape index (κ3) is 20.8. The molecule has 0 aliphatic carbocycles. The lowest BCUT2D eigenvalue weighted by atomic mass is 9.86. The Morgan fingerprint density at radius 1 is 0.792 bits per heavy atom. The number of nitrogens with zero attached hydrogens (tertiary/aromatic N) is 1. The molecule has 0 saturated carbocycles. The van der Waals surface area contributed by atoms with E-state index in [0.717, 1.165) is 38.5 Å². The summed E-state index contributed by atoms with van der Waals surface area (Å²) in [7, 11) is 0. The quantitative estimate of drug-likeness (QED) is 0.0574. The average Bonchev–Trinajstić information content (AvgIpc) is 3.03. The molecule has 1 aromatic rings. The number of aromatic nitrogens is 1. The van der Waals surface area contributed by atoms with E-state index in [4.69, 9.17) is 14.2 Å². The topological polar surface area (TPSA) is 121 Å². The van der Waals surface area contributed by atoms with E-state index in [1.807, 2.05) is 6.08 Å². The number of hydrogen-bond donors (Lipinski definition) is 1. The van der Waals surface area contributed by atoms with Crippen LogP contribution in [-0.2, 0) is 28.6 Å². The van der Waals surface area contributed by atoms with Gasteiger partial charge >= 0.3 is 17.9 Å². The standard InChI is InChI=1S/C39H56N2O7/c1-7-8-9-10-11-12-13-14-15-16-17-18-19-20-21-22-23-27-33(42)46-31-39(5,6)35(47-37(45)32-26-24-25-29-40-32)36(44)41-30-28-34(43)48-38(2,3)4/h8-9,11-12,14-15,17-18,20-21,24-26,29,35H,7,10,13,16,19,22-23,27-28,30-31H2,1-6H3,(H,41,44). The highest BCUT2D eigenvalue weighted by molar-refractivity contribution is 5.91. The van der Waals surface area contributed by atoms with Gasteiger partial charge in [-0.2, -0.15) is 0 Å². The lowest BCUT2D eigenvalue weighted by Crippen LogP contribution is -2.49. The van der Waals surface area contributed by atoms with Gasteiger partial charge in [-0.15, -0.1) is 0 Å². The summed E-state index contributed by atoms with van der Waals surface area (Å²) < 4.78 is 16.4. The van der Waals surface area contributed by atoms with E-state index in [9.17, 15) is 19.2 Å². The lowest BCUT2D eigenvalue weighted by Gasteiger charge is -2.32. The summed E-state index contributed by atoms with van der Waals surface area (Å²) in [6.07, 6.45) is 27.8. The maximum absolute atomic E-state index is 13.2. The number of rotatable bonds is 22. The van der Waals surface area contributed by atoms with E-state index in [1.54, 1.807) is 46.8 Å². The summed E-state index contributed by atoms with van der Waals surface area (Å²) in [5.74, 6) is -2.29. The van der Waals surface area contributed by atoms with Gasteiger partial charge in [-0.1, -0.05) is 87.6 Å². The molecule has 0 radical (unpaired) electrons. The summed E-state index contributed by atoms with van der Waals surface area (Å²) in [6.45, 7) is 10.6. The average molecular weight is 665 g/mol. The van der Waals surface area contributed by atoms with Gasteiger partial charge in [-0.05, 0) is 77.8 Å². The number of allylic oxidation sites excluding steroid dienone is 10. The van der Waals surface area contributed by atoms with Crippen LogP contribution < -0.4 is 5.32 Å². The highest BCUT2D eigenvalue weighted by Gasteiger charge is 2.40. The smallest absolute Gasteiger partial charge is 0.357 e. The van der Waals surface area contributed by atoms with E-state index in [0.29, 0.717) is 6.42 Å². The van der Waals surface area contributed by atoms with Crippen LogP contribution in [0.25, 0.3) is 0 Å². The second kappa shape index (κ2) is 24.0. The van der Waals surface area contributed by atoms with Gasteiger partial charge in [0.1, 0.15) is 17.9 Å². The van der Waals surface area contributed by atoms with Crippen molar-refractivity contribution in [3.8, 4) is 0 Å². The highest BCUT2D eigenvalue weighted by atomic mass is 16.6. The number of amides is 1. The maximum atomic E-state index is 13.2. The molecule has 1 heterocycles. The van der Waals surface area contributed by atoms with Crippen molar-refractivity contribution in [2.75, 3.05) is 13.2 Å². The van der Waals surface area contributed by atoms with E-state index in [-0.39, 0.29) is 31.7 Å². The fourth-order valence-electron chi connectivity index (χ4n) is 4.14. The Morgan fingerprint density at radius 2 is 1.38 bits per heavy atom. The third-order valence-electron chi connectivity index (χ3n) is 6.61. The minimum Gasteiger partial charge on any atom is -0.465 e. The largest absolute Gasteiger partial charge is 0.465 e. The summed E-state index contributed by atoms with van der Waals surface area (Å²) >= 11 is 0. The van der Waals surface area contributed by atoms with E-state index >= 15 is 0 Å². The van der Waals surface area contributed by atoms with Crippen molar-refractivity contribution in [2.24, 2.45) is 5.41 Å². The SMILES string of the molecule is CCC=CCC=CCC=CCC=CCC=CCCCC(=O)OCC(C)(C)C(OC(=O)c1ccccn1)C(=O)NCCC(=O)OC(C)(C)C. The first kappa shape index (κ1) is 41.8. The fraction of sp³-hybridized carbons (Fsp3) is 0.513. The predicted octanol–water partition coefficient (Wildman–Crippen LogP) is 7.95. The molecule has 0 fully saturated rings. The van der Waals surface area contributed by atoms with Gasteiger partial charge in [-0.25, -0.2) is 9.78 Å². The first-order valence-corrected chi connectivity index (χ1v) is 16.9. The third-order valence-corrected chi connectivity index (χ3v) is 6.61. The zero-order valence-corrected chi connectivity index (χ0v) is 29.7. The van der Waals surface area contributed by atoms with Crippen molar-refractivity contribution in [1.82, 2.24) is 10.3 Å². The van der Waals surface area contributed by atoms with Gasteiger partial charge in [0.15, 0.2) is 6.10 Å². The number of carbonyl (C=O) groups is 4. The molecule has 1 amide bonds. The molecule has 1 N–H and O–H groups in total. The monoisotopic (exact) mass is 664 g/mol.